The van der Waals surface area contributed by atoms with Crippen LogP contribution in [0.4, 0.5) is 0 Å². The average molecular weight is 356 g/mol. The molecule has 0 aromatic heterocycles. The Morgan fingerprint density at radius 2 is 1.86 bits per heavy atom. The Bertz CT molecular complexity index is 473. The Kier molecular flexibility index (Phi) is 7.43. The van der Waals surface area contributed by atoms with Crippen LogP contribution in [0.2, 0.25) is 0 Å². The van der Waals surface area contributed by atoms with E-state index in [-0.39, 0.29) is 24.3 Å². The van der Waals surface area contributed by atoms with Gasteiger partial charge in [0.05, 0.1) is 13.0 Å². The van der Waals surface area contributed by atoms with Crippen molar-refractivity contribution < 1.29 is 14.3 Å². The number of nitrogens with zero attached hydrogens (tertiary/aromatic N) is 1. The van der Waals surface area contributed by atoms with Gasteiger partial charge in [0.15, 0.2) is 0 Å². The number of benzene rings is 1. The van der Waals surface area contributed by atoms with E-state index in [2.05, 4.69) is 15.9 Å². The Morgan fingerprint density at radius 3 is 2.38 bits per heavy atom. The molecule has 0 aliphatic heterocycles. The van der Waals surface area contributed by atoms with Gasteiger partial charge >= 0.3 is 5.97 Å². The van der Waals surface area contributed by atoms with Gasteiger partial charge in [-0.05, 0) is 44.5 Å². The fraction of sp³-hybridized carbons (Fsp3) is 0.500. The minimum atomic E-state index is -0.269. The molecule has 1 aromatic carbocycles. The smallest absolute Gasteiger partial charge is 0.307 e. The molecule has 1 rings (SSSR count). The summed E-state index contributed by atoms with van der Waals surface area (Å²) < 4.78 is 5.85. The molecule has 0 heterocycles. The lowest BCUT2D eigenvalue weighted by Crippen LogP contribution is -2.39. The Labute approximate surface area is 134 Å². The monoisotopic (exact) mass is 355 g/mol. The van der Waals surface area contributed by atoms with E-state index in [0.29, 0.717) is 18.7 Å². The molecule has 21 heavy (non-hydrogen) atoms. The average Bonchev–Trinajstić information content (AvgIpc) is 2.47. The first-order valence-electron chi connectivity index (χ1n) is 7.21. The van der Waals surface area contributed by atoms with E-state index < -0.39 is 0 Å². The molecule has 1 unspecified atom stereocenters. The Balaban J connectivity index is 2.79. The van der Waals surface area contributed by atoms with E-state index in [1.165, 1.54) is 0 Å². The molecule has 0 bridgehead atoms. The first-order valence-corrected chi connectivity index (χ1v) is 8.01. The van der Waals surface area contributed by atoms with Crippen molar-refractivity contribution in [2.24, 2.45) is 0 Å². The minimum absolute atomic E-state index is 0.0545. The lowest BCUT2D eigenvalue weighted by Gasteiger charge is -2.28. The number of hydrogen-bond acceptors (Lipinski definition) is 3. The van der Waals surface area contributed by atoms with Crippen molar-refractivity contribution in [3.63, 3.8) is 0 Å². The number of carbonyl (C=O) groups is 2. The first kappa shape index (κ1) is 17.7. The molecule has 0 saturated carbocycles. The van der Waals surface area contributed by atoms with E-state index in [1.54, 1.807) is 24.0 Å². The number of rotatable bonds is 7. The van der Waals surface area contributed by atoms with Gasteiger partial charge in [-0.2, -0.15) is 0 Å². The summed E-state index contributed by atoms with van der Waals surface area (Å²) in [7, 11) is 0. The lowest BCUT2D eigenvalue weighted by atomic mass is 10.1. The van der Waals surface area contributed by atoms with Gasteiger partial charge in [-0.25, -0.2) is 0 Å². The van der Waals surface area contributed by atoms with Gasteiger partial charge in [0.1, 0.15) is 0 Å². The molecule has 0 spiro atoms. The van der Waals surface area contributed by atoms with Crippen molar-refractivity contribution in [1.82, 2.24) is 4.90 Å². The molecule has 116 valence electrons. The largest absolute Gasteiger partial charge is 0.466 e. The summed E-state index contributed by atoms with van der Waals surface area (Å²) in [5, 5.41) is 0. The van der Waals surface area contributed by atoms with Crippen LogP contribution in [0.15, 0.2) is 28.7 Å². The number of amides is 1. The lowest BCUT2D eigenvalue weighted by molar-refractivity contribution is -0.143. The molecule has 0 aliphatic rings. The second kappa shape index (κ2) is 8.82. The maximum absolute atomic E-state index is 12.6. The third-order valence-corrected chi connectivity index (χ3v) is 3.87. The predicted molar refractivity (Wildman–Crippen MR) is 86.2 cm³/mol. The van der Waals surface area contributed by atoms with Crippen LogP contribution < -0.4 is 0 Å². The third-order valence-electron chi connectivity index (χ3n) is 3.34. The molecule has 0 saturated heterocycles. The Hall–Kier alpha value is -1.36. The standard InChI is InChI=1S/C16H22BrNO3/c1-4-12(3)18(11-10-15(19)21-5-2)16(20)13-6-8-14(17)9-7-13/h6-9,12H,4-5,10-11H2,1-3H3. The van der Waals surface area contributed by atoms with Crippen molar-refractivity contribution in [3.8, 4) is 0 Å². The van der Waals surface area contributed by atoms with Crippen LogP contribution in [0.25, 0.3) is 0 Å². The van der Waals surface area contributed by atoms with Gasteiger partial charge < -0.3 is 9.64 Å². The van der Waals surface area contributed by atoms with Crippen LogP contribution in [0.1, 0.15) is 44.0 Å². The number of ether oxygens (including phenoxy) is 1. The number of halogens is 1. The molecule has 5 heteroatoms. The molecule has 0 aliphatic carbocycles. The quantitative estimate of drug-likeness (QED) is 0.701. The summed E-state index contributed by atoms with van der Waals surface area (Å²) in [6.07, 6.45) is 1.06. The molecular weight excluding hydrogens is 334 g/mol. The topological polar surface area (TPSA) is 46.6 Å². The van der Waals surface area contributed by atoms with E-state index in [0.717, 1.165) is 10.9 Å². The summed E-state index contributed by atoms with van der Waals surface area (Å²) in [4.78, 5) is 25.8. The summed E-state index contributed by atoms with van der Waals surface area (Å²) in [6, 6.07) is 7.33. The van der Waals surface area contributed by atoms with Crippen LogP contribution in [-0.4, -0.2) is 36.0 Å². The minimum Gasteiger partial charge on any atom is -0.466 e. The molecular formula is C16H22BrNO3. The van der Waals surface area contributed by atoms with Crippen molar-refractivity contribution in [1.29, 1.82) is 0 Å². The van der Waals surface area contributed by atoms with Gasteiger partial charge in [0.25, 0.3) is 5.91 Å². The van der Waals surface area contributed by atoms with Crippen molar-refractivity contribution in [2.45, 2.75) is 39.7 Å². The number of carbonyl (C=O) groups excluding carboxylic acids is 2. The van der Waals surface area contributed by atoms with Crippen molar-refractivity contribution in [3.05, 3.63) is 34.3 Å². The first-order chi connectivity index (χ1) is 9.99. The Morgan fingerprint density at radius 1 is 1.24 bits per heavy atom. The summed E-state index contributed by atoms with van der Waals surface area (Å²) >= 11 is 3.36. The van der Waals surface area contributed by atoms with Crippen LogP contribution >= 0.6 is 15.9 Å². The van der Waals surface area contributed by atoms with Gasteiger partial charge in [-0.1, -0.05) is 22.9 Å². The van der Waals surface area contributed by atoms with Crippen molar-refractivity contribution >= 4 is 27.8 Å². The molecule has 0 radical (unpaired) electrons. The second-order valence-corrected chi connectivity index (χ2v) is 5.73. The van der Waals surface area contributed by atoms with Crippen LogP contribution in [0.5, 0.6) is 0 Å². The highest BCUT2D eigenvalue weighted by Gasteiger charge is 2.21. The molecule has 1 aromatic rings. The predicted octanol–water partition coefficient (Wildman–Crippen LogP) is 3.64. The van der Waals surface area contributed by atoms with Crippen LogP contribution in [-0.2, 0) is 9.53 Å². The van der Waals surface area contributed by atoms with E-state index >= 15 is 0 Å². The highest BCUT2D eigenvalue weighted by molar-refractivity contribution is 9.10. The zero-order valence-electron chi connectivity index (χ0n) is 12.8. The summed E-state index contributed by atoms with van der Waals surface area (Å²) in [6.45, 7) is 6.53. The van der Waals surface area contributed by atoms with Gasteiger partial charge in [0, 0.05) is 22.6 Å². The van der Waals surface area contributed by atoms with E-state index in [4.69, 9.17) is 4.74 Å². The number of hydrogen-bond donors (Lipinski definition) is 0. The maximum atomic E-state index is 12.6. The fourth-order valence-electron chi connectivity index (χ4n) is 1.95. The third kappa shape index (κ3) is 5.50. The zero-order chi connectivity index (χ0) is 15.8. The SMILES string of the molecule is CCOC(=O)CCN(C(=O)c1ccc(Br)cc1)C(C)CC. The maximum Gasteiger partial charge on any atom is 0.307 e. The highest BCUT2D eigenvalue weighted by atomic mass is 79.9. The van der Waals surface area contributed by atoms with Gasteiger partial charge in [-0.15, -0.1) is 0 Å². The molecule has 1 atom stereocenters. The van der Waals surface area contributed by atoms with Crippen molar-refractivity contribution in [2.75, 3.05) is 13.2 Å². The normalized spacial score (nSPS) is 11.8. The van der Waals surface area contributed by atoms with Crippen LogP contribution in [0.3, 0.4) is 0 Å². The fourth-order valence-corrected chi connectivity index (χ4v) is 2.21. The molecule has 0 fully saturated rings. The molecule has 4 nitrogen and oxygen atoms in total. The summed E-state index contributed by atoms with van der Waals surface area (Å²) in [5.74, 6) is -0.324. The number of esters is 1. The second-order valence-electron chi connectivity index (χ2n) is 4.82. The molecule has 0 N–H and O–H groups in total. The van der Waals surface area contributed by atoms with Gasteiger partial charge in [-0.3, -0.25) is 9.59 Å². The summed E-state index contributed by atoms with van der Waals surface area (Å²) in [5.41, 5.74) is 0.627. The molecule has 1 amide bonds. The zero-order valence-corrected chi connectivity index (χ0v) is 14.4. The highest BCUT2D eigenvalue weighted by Crippen LogP contribution is 2.15. The van der Waals surface area contributed by atoms with Gasteiger partial charge in [0.2, 0.25) is 0 Å². The van der Waals surface area contributed by atoms with E-state index in [1.807, 2.05) is 26.0 Å². The van der Waals surface area contributed by atoms with E-state index in [9.17, 15) is 9.59 Å². The van der Waals surface area contributed by atoms with Crippen LogP contribution in [0, 0.1) is 0 Å².